The lowest BCUT2D eigenvalue weighted by Gasteiger charge is -2.38. The van der Waals surface area contributed by atoms with Crippen molar-refractivity contribution in [1.29, 1.82) is 5.26 Å². The first-order chi connectivity index (χ1) is 18.4. The van der Waals surface area contributed by atoms with E-state index in [1.54, 1.807) is 31.2 Å². The SMILES string of the molecule is Cc1nn(CCC#N)c(NC(=O)c2ccc(Br)cc2)c1[P@@](=O)(Nc1ccc([N+](=O)[O-])cc1)N(C(C)C)C(C)C. The van der Waals surface area contributed by atoms with Crippen molar-refractivity contribution in [3.05, 3.63) is 74.4 Å². The Labute approximate surface area is 236 Å². The number of amides is 1. The van der Waals surface area contributed by atoms with Crippen molar-refractivity contribution in [2.75, 3.05) is 10.4 Å². The molecule has 1 aromatic heterocycles. The van der Waals surface area contributed by atoms with Crippen LogP contribution in [0.3, 0.4) is 0 Å². The van der Waals surface area contributed by atoms with Crippen LogP contribution in [0.15, 0.2) is 53.0 Å². The van der Waals surface area contributed by atoms with Crippen LogP contribution >= 0.6 is 23.4 Å². The first-order valence-electron chi connectivity index (χ1n) is 12.3. The molecule has 1 amide bonds. The van der Waals surface area contributed by atoms with Gasteiger partial charge in [0.05, 0.1) is 29.7 Å². The summed E-state index contributed by atoms with van der Waals surface area (Å²) in [7, 11) is -3.77. The van der Waals surface area contributed by atoms with Gasteiger partial charge in [0.25, 0.3) is 19.0 Å². The second-order valence-corrected chi connectivity index (χ2v) is 12.6. The second kappa shape index (κ2) is 12.6. The maximum absolute atomic E-state index is 15.3. The molecule has 0 unspecified atom stereocenters. The summed E-state index contributed by atoms with van der Waals surface area (Å²) >= 11 is 3.36. The van der Waals surface area contributed by atoms with Gasteiger partial charge >= 0.3 is 0 Å². The van der Waals surface area contributed by atoms with Crippen molar-refractivity contribution in [2.45, 2.75) is 59.7 Å². The van der Waals surface area contributed by atoms with Gasteiger partial charge in [0, 0.05) is 39.9 Å². The van der Waals surface area contributed by atoms with Gasteiger partial charge in [0.2, 0.25) is 0 Å². The molecule has 1 heterocycles. The number of aromatic nitrogens is 2. The zero-order chi connectivity index (χ0) is 28.9. The molecular formula is C26H31BrN7O4P. The third-order valence-electron chi connectivity index (χ3n) is 5.91. The Hall–Kier alpha value is -3.52. The van der Waals surface area contributed by atoms with E-state index in [2.05, 4.69) is 37.5 Å². The number of anilines is 2. The van der Waals surface area contributed by atoms with E-state index in [0.717, 1.165) is 4.47 Å². The van der Waals surface area contributed by atoms with Crippen LogP contribution < -0.4 is 15.7 Å². The molecule has 0 saturated carbocycles. The van der Waals surface area contributed by atoms with E-state index >= 15 is 4.57 Å². The number of nitrogens with zero attached hydrogens (tertiary/aromatic N) is 5. The molecule has 0 saturated heterocycles. The van der Waals surface area contributed by atoms with Gasteiger partial charge in [-0.15, -0.1) is 0 Å². The number of nitriles is 1. The summed E-state index contributed by atoms with van der Waals surface area (Å²) in [6, 6.07) is 14.2. The molecule has 13 heteroatoms. The number of non-ortho nitro benzene ring substituents is 1. The molecule has 1 atom stereocenters. The van der Waals surface area contributed by atoms with E-state index < -0.39 is 18.3 Å². The fourth-order valence-corrected chi connectivity index (χ4v) is 7.93. The van der Waals surface area contributed by atoms with Crippen molar-refractivity contribution in [3.8, 4) is 6.07 Å². The molecule has 206 valence electrons. The van der Waals surface area contributed by atoms with Gasteiger partial charge < -0.3 is 10.4 Å². The zero-order valence-electron chi connectivity index (χ0n) is 22.4. The third-order valence-corrected chi connectivity index (χ3v) is 9.72. The number of nitro groups is 1. The Morgan fingerprint density at radius 1 is 1.15 bits per heavy atom. The Bertz CT molecular complexity index is 1420. The van der Waals surface area contributed by atoms with Crippen LogP contribution in [0, 0.1) is 28.4 Å². The van der Waals surface area contributed by atoms with E-state index in [1.165, 1.54) is 28.9 Å². The molecule has 0 radical (unpaired) electrons. The van der Waals surface area contributed by atoms with E-state index in [1.807, 2.05) is 32.4 Å². The number of benzene rings is 2. The van der Waals surface area contributed by atoms with Crippen molar-refractivity contribution < 1.29 is 14.3 Å². The molecular weight excluding hydrogens is 585 g/mol. The van der Waals surface area contributed by atoms with Gasteiger partial charge in [0.1, 0.15) is 11.1 Å². The molecule has 3 aromatic rings. The largest absolute Gasteiger partial charge is 0.321 e. The molecule has 0 bridgehead atoms. The standard InChI is InChI=1S/C26H31BrN7O4P/c1-17(2)33(18(3)4)39(38,31-22-11-13-23(14-12-22)34(36)37)24-19(5)30-32(16-6-15-28)25(24)29-26(35)20-7-9-21(27)10-8-20/h7-14,17-18H,6,16H2,1-5H3,(H,29,35)(H,31,38)/t39-/m1/s1. The molecule has 0 fully saturated rings. The quantitative estimate of drug-likeness (QED) is 0.150. The highest BCUT2D eigenvalue weighted by atomic mass is 79.9. The molecule has 0 aliphatic heterocycles. The lowest BCUT2D eigenvalue weighted by molar-refractivity contribution is -0.384. The van der Waals surface area contributed by atoms with Gasteiger partial charge in [-0.05, 0) is 71.0 Å². The minimum atomic E-state index is -3.77. The first-order valence-corrected chi connectivity index (χ1v) is 14.8. The highest BCUT2D eigenvalue weighted by Crippen LogP contribution is 2.53. The molecule has 2 N–H and O–H groups in total. The van der Waals surface area contributed by atoms with Gasteiger partial charge in [-0.1, -0.05) is 15.9 Å². The van der Waals surface area contributed by atoms with E-state index in [0.29, 0.717) is 22.2 Å². The van der Waals surface area contributed by atoms with E-state index in [4.69, 9.17) is 0 Å². The predicted octanol–water partition coefficient (Wildman–Crippen LogP) is 6.08. The molecule has 0 aliphatic rings. The number of nitrogens with one attached hydrogen (secondary N) is 2. The summed E-state index contributed by atoms with van der Waals surface area (Å²) in [6.45, 7) is 9.55. The minimum Gasteiger partial charge on any atom is -0.321 e. The monoisotopic (exact) mass is 615 g/mol. The Kier molecular flexibility index (Phi) is 9.67. The summed E-state index contributed by atoms with van der Waals surface area (Å²) in [5, 5.41) is 31.3. The van der Waals surface area contributed by atoms with E-state index in [9.17, 15) is 20.2 Å². The summed E-state index contributed by atoms with van der Waals surface area (Å²) in [6.07, 6.45) is 0.125. The molecule has 39 heavy (non-hydrogen) atoms. The summed E-state index contributed by atoms with van der Waals surface area (Å²) < 4.78 is 19.4. The summed E-state index contributed by atoms with van der Waals surface area (Å²) in [4.78, 5) is 24.0. The number of rotatable bonds is 11. The fourth-order valence-electron chi connectivity index (χ4n) is 4.47. The minimum absolute atomic E-state index is 0.0945. The fraction of sp³-hybridized carbons (Fsp3) is 0.346. The number of aryl methyl sites for hydroxylation is 2. The number of nitro benzene ring substituents is 1. The van der Waals surface area contributed by atoms with Crippen LogP contribution in [-0.4, -0.2) is 37.4 Å². The molecule has 3 rings (SSSR count). The van der Waals surface area contributed by atoms with Crippen molar-refractivity contribution in [3.63, 3.8) is 0 Å². The summed E-state index contributed by atoms with van der Waals surface area (Å²) in [5.74, 6) is -0.205. The van der Waals surface area contributed by atoms with E-state index in [-0.39, 0.29) is 36.6 Å². The lowest BCUT2D eigenvalue weighted by atomic mass is 10.2. The molecule has 0 spiro atoms. The van der Waals surface area contributed by atoms with Crippen LogP contribution in [0.25, 0.3) is 0 Å². The number of carbonyl (C=O) groups excluding carboxylic acids is 1. The first kappa shape index (κ1) is 30.0. The molecule has 2 aromatic carbocycles. The smallest absolute Gasteiger partial charge is 0.272 e. The average Bonchev–Trinajstić information content (AvgIpc) is 3.17. The summed E-state index contributed by atoms with van der Waals surface area (Å²) in [5.41, 5.74) is 1.12. The number of hydrogen-bond acceptors (Lipinski definition) is 6. The Balaban J connectivity index is 2.22. The Morgan fingerprint density at radius 3 is 2.26 bits per heavy atom. The van der Waals surface area contributed by atoms with Crippen molar-refractivity contribution in [1.82, 2.24) is 14.5 Å². The number of carbonyl (C=O) groups is 1. The third kappa shape index (κ3) is 6.74. The average molecular weight is 616 g/mol. The van der Waals surface area contributed by atoms with Crippen LogP contribution in [0.2, 0.25) is 0 Å². The maximum Gasteiger partial charge on any atom is 0.272 e. The molecule has 0 aliphatic carbocycles. The van der Waals surface area contributed by atoms with Crippen molar-refractivity contribution >= 4 is 51.8 Å². The molecule has 11 nitrogen and oxygen atoms in total. The Morgan fingerprint density at radius 2 is 1.74 bits per heavy atom. The predicted molar refractivity (Wildman–Crippen MR) is 155 cm³/mol. The van der Waals surface area contributed by atoms with Gasteiger partial charge in [-0.2, -0.15) is 10.4 Å². The van der Waals surface area contributed by atoms with Crippen LogP contribution in [0.4, 0.5) is 17.2 Å². The maximum atomic E-state index is 15.3. The second-order valence-electron chi connectivity index (χ2n) is 9.43. The van der Waals surface area contributed by atoms with Crippen LogP contribution in [-0.2, 0) is 11.1 Å². The lowest BCUT2D eigenvalue weighted by Crippen LogP contribution is -2.41. The van der Waals surface area contributed by atoms with Gasteiger partial charge in [-0.25, -0.2) is 9.35 Å². The van der Waals surface area contributed by atoms with Crippen LogP contribution in [0.1, 0.15) is 50.2 Å². The zero-order valence-corrected chi connectivity index (χ0v) is 24.9. The highest BCUT2D eigenvalue weighted by Gasteiger charge is 2.42. The number of hydrogen-bond donors (Lipinski definition) is 2. The normalized spacial score (nSPS) is 12.8. The number of halogens is 1. The van der Waals surface area contributed by atoms with Gasteiger partial charge in [0.15, 0.2) is 0 Å². The topological polar surface area (TPSA) is 146 Å². The van der Waals surface area contributed by atoms with Gasteiger partial charge in [-0.3, -0.25) is 19.5 Å². The van der Waals surface area contributed by atoms with Crippen molar-refractivity contribution in [2.24, 2.45) is 0 Å². The highest BCUT2D eigenvalue weighted by molar-refractivity contribution is 9.10. The van der Waals surface area contributed by atoms with Crippen LogP contribution in [0.5, 0.6) is 0 Å².